The number of halogens is 1. The quantitative estimate of drug-likeness (QED) is 0.622. The fourth-order valence-electron chi connectivity index (χ4n) is 3.76. The third-order valence-electron chi connectivity index (χ3n) is 5.34. The van der Waals surface area contributed by atoms with E-state index in [0.29, 0.717) is 21.3 Å². The number of nitrogens with zero attached hydrogens (tertiary/aromatic N) is 2. The highest BCUT2D eigenvalue weighted by Crippen LogP contribution is 2.30. The summed E-state index contributed by atoms with van der Waals surface area (Å²) in [6.07, 6.45) is 0.294. The lowest BCUT2D eigenvalue weighted by atomic mass is 10.1. The number of hydrogen-bond donors (Lipinski definition) is 1. The maximum atomic E-state index is 13.5. The molecule has 0 spiro atoms. The molecule has 0 saturated heterocycles. The van der Waals surface area contributed by atoms with E-state index in [1.54, 1.807) is 37.3 Å². The Morgan fingerprint density at radius 2 is 1.71 bits per heavy atom. The van der Waals surface area contributed by atoms with Gasteiger partial charge in [0.25, 0.3) is 15.9 Å². The lowest BCUT2D eigenvalue weighted by Crippen LogP contribution is -2.55. The van der Waals surface area contributed by atoms with Gasteiger partial charge < -0.3 is 10.2 Å². The third kappa shape index (κ3) is 5.42. The molecule has 0 aliphatic carbocycles. The zero-order chi connectivity index (χ0) is 25.3. The van der Waals surface area contributed by atoms with Crippen molar-refractivity contribution in [2.24, 2.45) is 0 Å². The van der Waals surface area contributed by atoms with Crippen molar-refractivity contribution in [3.05, 3.63) is 64.7 Å². The van der Waals surface area contributed by atoms with Gasteiger partial charge in [0.15, 0.2) is 0 Å². The summed E-state index contributed by atoms with van der Waals surface area (Å²) in [5.74, 6) is -1.78. The monoisotopic (exact) mass is 505 g/mol. The van der Waals surface area contributed by atoms with Crippen LogP contribution in [0.15, 0.2) is 53.4 Å². The topological polar surface area (TPSA) is 104 Å². The van der Waals surface area contributed by atoms with E-state index in [1.165, 1.54) is 23.1 Å². The first-order chi connectivity index (χ1) is 15.8. The number of carbonyl (C=O) groups is 3. The Labute approximate surface area is 204 Å². The van der Waals surface area contributed by atoms with Crippen molar-refractivity contribution in [1.29, 1.82) is 0 Å². The number of amides is 3. The highest BCUT2D eigenvalue weighted by molar-refractivity contribution is 7.90. The summed E-state index contributed by atoms with van der Waals surface area (Å²) < 4.78 is 26.5. The number of rotatable bonds is 7. The molecule has 8 nitrogen and oxygen atoms in total. The van der Waals surface area contributed by atoms with Gasteiger partial charge in [0.2, 0.25) is 11.8 Å². The standard InChI is InChI=1S/C24H28ClN3O5S/c1-5-19(22(30)26-24(2,3)4)27(14-16-10-12-17(25)13-11-16)21(29)15-28-23(31)18-8-6-7-9-20(18)34(28,32)33/h6-13,19H,5,14-15H2,1-4H3,(H,26,30)/t19-/m0/s1. The van der Waals surface area contributed by atoms with E-state index in [4.69, 9.17) is 11.6 Å². The highest BCUT2D eigenvalue weighted by Gasteiger charge is 2.43. The molecular formula is C24H28ClN3O5S. The third-order valence-corrected chi connectivity index (χ3v) is 7.38. The second-order valence-corrected chi connectivity index (χ2v) is 11.4. The molecule has 3 rings (SSSR count). The van der Waals surface area contributed by atoms with Crippen LogP contribution in [0.2, 0.25) is 5.02 Å². The summed E-state index contributed by atoms with van der Waals surface area (Å²) in [6, 6.07) is 11.8. The number of benzene rings is 2. The molecule has 0 aromatic heterocycles. The lowest BCUT2D eigenvalue weighted by Gasteiger charge is -2.33. The van der Waals surface area contributed by atoms with Crippen LogP contribution < -0.4 is 5.32 Å². The van der Waals surface area contributed by atoms with Crippen molar-refractivity contribution < 1.29 is 22.8 Å². The summed E-state index contributed by atoms with van der Waals surface area (Å²) >= 11 is 5.97. The average molecular weight is 506 g/mol. The second-order valence-electron chi connectivity index (χ2n) is 9.12. The molecule has 0 radical (unpaired) electrons. The molecule has 1 atom stereocenters. The number of hydrogen-bond acceptors (Lipinski definition) is 5. The van der Waals surface area contributed by atoms with Gasteiger partial charge in [-0.2, -0.15) is 0 Å². The smallest absolute Gasteiger partial charge is 0.269 e. The van der Waals surface area contributed by atoms with Gasteiger partial charge in [-0.25, -0.2) is 12.7 Å². The molecule has 1 heterocycles. The van der Waals surface area contributed by atoms with Gasteiger partial charge in [-0.05, 0) is 57.0 Å². The Balaban J connectivity index is 1.93. The molecule has 0 saturated carbocycles. The van der Waals surface area contributed by atoms with E-state index in [9.17, 15) is 22.8 Å². The van der Waals surface area contributed by atoms with Crippen molar-refractivity contribution in [1.82, 2.24) is 14.5 Å². The van der Waals surface area contributed by atoms with Crippen molar-refractivity contribution in [3.63, 3.8) is 0 Å². The Hall–Kier alpha value is -2.91. The van der Waals surface area contributed by atoms with Crippen LogP contribution in [0.25, 0.3) is 0 Å². The van der Waals surface area contributed by atoms with Crippen molar-refractivity contribution in [2.75, 3.05) is 6.54 Å². The summed E-state index contributed by atoms with van der Waals surface area (Å²) in [7, 11) is -4.17. The molecular weight excluding hydrogens is 478 g/mol. The van der Waals surface area contributed by atoms with Crippen LogP contribution in [0.5, 0.6) is 0 Å². The number of sulfonamides is 1. The molecule has 10 heteroatoms. The average Bonchev–Trinajstić information content (AvgIpc) is 2.94. The van der Waals surface area contributed by atoms with Crippen molar-refractivity contribution >= 4 is 39.3 Å². The minimum atomic E-state index is -4.17. The van der Waals surface area contributed by atoms with Gasteiger partial charge in [-0.3, -0.25) is 14.4 Å². The van der Waals surface area contributed by atoms with Gasteiger partial charge >= 0.3 is 0 Å². The van der Waals surface area contributed by atoms with Crippen LogP contribution in [0, 0.1) is 0 Å². The molecule has 1 N–H and O–H groups in total. The minimum Gasteiger partial charge on any atom is -0.350 e. The van der Waals surface area contributed by atoms with Crippen LogP contribution in [0.4, 0.5) is 0 Å². The van der Waals surface area contributed by atoms with E-state index in [0.717, 1.165) is 0 Å². The number of carbonyl (C=O) groups excluding carboxylic acids is 3. The van der Waals surface area contributed by atoms with E-state index >= 15 is 0 Å². The van der Waals surface area contributed by atoms with Gasteiger partial charge in [0.1, 0.15) is 17.5 Å². The summed E-state index contributed by atoms with van der Waals surface area (Å²) in [4.78, 5) is 40.5. The maximum absolute atomic E-state index is 13.5. The van der Waals surface area contributed by atoms with Gasteiger partial charge in [-0.1, -0.05) is 42.8 Å². The van der Waals surface area contributed by atoms with Crippen LogP contribution in [-0.2, 0) is 26.2 Å². The number of fused-ring (bicyclic) bond motifs is 1. The molecule has 0 fully saturated rings. The van der Waals surface area contributed by atoms with E-state index in [2.05, 4.69) is 5.32 Å². The first-order valence-electron chi connectivity index (χ1n) is 10.9. The molecule has 3 amide bonds. The molecule has 0 unspecified atom stereocenters. The first kappa shape index (κ1) is 25.7. The number of nitrogens with one attached hydrogen (secondary N) is 1. The molecule has 0 bridgehead atoms. The SMILES string of the molecule is CC[C@@H](C(=O)NC(C)(C)C)N(Cc1ccc(Cl)cc1)C(=O)CN1C(=O)c2ccccc2S1(=O)=O. The first-order valence-corrected chi connectivity index (χ1v) is 12.7. The summed E-state index contributed by atoms with van der Waals surface area (Å²) in [5.41, 5.74) is 0.200. The second kappa shape index (κ2) is 9.76. The van der Waals surface area contributed by atoms with Crippen LogP contribution in [0.1, 0.15) is 50.0 Å². The van der Waals surface area contributed by atoms with Gasteiger partial charge in [0.05, 0.1) is 5.56 Å². The minimum absolute atomic E-state index is 0.0251. The van der Waals surface area contributed by atoms with Gasteiger partial charge in [0, 0.05) is 17.1 Å². The Bertz CT molecular complexity index is 1210. The molecule has 2 aromatic carbocycles. The Morgan fingerprint density at radius 3 is 2.26 bits per heavy atom. The predicted molar refractivity (Wildman–Crippen MR) is 129 cm³/mol. The van der Waals surface area contributed by atoms with Crippen molar-refractivity contribution in [2.45, 2.75) is 57.1 Å². The molecule has 34 heavy (non-hydrogen) atoms. The summed E-state index contributed by atoms with van der Waals surface area (Å²) in [5, 5.41) is 3.40. The molecule has 1 aliphatic heterocycles. The van der Waals surface area contributed by atoms with Crippen LogP contribution in [0.3, 0.4) is 0 Å². The van der Waals surface area contributed by atoms with E-state index < -0.39 is 40.0 Å². The normalized spacial score (nSPS) is 15.6. The largest absolute Gasteiger partial charge is 0.350 e. The zero-order valence-corrected chi connectivity index (χ0v) is 21.1. The molecule has 2 aromatic rings. The van der Waals surface area contributed by atoms with E-state index in [1.807, 2.05) is 20.8 Å². The highest BCUT2D eigenvalue weighted by atomic mass is 35.5. The summed E-state index contributed by atoms with van der Waals surface area (Å²) in [6.45, 7) is 6.59. The predicted octanol–water partition coefficient (Wildman–Crippen LogP) is 3.21. The zero-order valence-electron chi connectivity index (χ0n) is 19.5. The maximum Gasteiger partial charge on any atom is 0.269 e. The molecule has 182 valence electrons. The lowest BCUT2D eigenvalue weighted by molar-refractivity contribution is -0.141. The Morgan fingerprint density at radius 1 is 1.09 bits per heavy atom. The van der Waals surface area contributed by atoms with E-state index in [-0.39, 0.29) is 22.9 Å². The van der Waals surface area contributed by atoms with Crippen molar-refractivity contribution in [3.8, 4) is 0 Å². The Kier molecular flexibility index (Phi) is 7.38. The molecule has 1 aliphatic rings. The fraction of sp³-hybridized carbons (Fsp3) is 0.375. The van der Waals surface area contributed by atoms with Crippen LogP contribution in [-0.4, -0.2) is 53.5 Å². The van der Waals surface area contributed by atoms with Crippen LogP contribution >= 0.6 is 11.6 Å². The van der Waals surface area contributed by atoms with Gasteiger partial charge in [-0.15, -0.1) is 0 Å². The fourth-order valence-corrected chi connectivity index (χ4v) is 5.40.